The third-order valence-electron chi connectivity index (χ3n) is 3.70. The second-order valence-corrected chi connectivity index (χ2v) is 5.45. The predicted octanol–water partition coefficient (Wildman–Crippen LogP) is 3.10. The van der Waals surface area contributed by atoms with Crippen molar-refractivity contribution in [3.63, 3.8) is 0 Å². The van der Waals surface area contributed by atoms with Gasteiger partial charge in [0.2, 0.25) is 0 Å². The molecule has 1 atom stereocenters. The number of anilines is 1. The van der Waals surface area contributed by atoms with E-state index in [1.165, 1.54) is 5.56 Å². The smallest absolute Gasteiger partial charge is 0.130 e. The summed E-state index contributed by atoms with van der Waals surface area (Å²) in [5.41, 5.74) is 3.22. The van der Waals surface area contributed by atoms with Crippen LogP contribution in [0.1, 0.15) is 37.0 Å². The number of benzene rings is 1. The molecule has 0 amide bonds. The Kier molecular flexibility index (Phi) is 4.32. The van der Waals surface area contributed by atoms with Crippen LogP contribution in [-0.4, -0.2) is 25.0 Å². The fourth-order valence-corrected chi connectivity index (χ4v) is 2.45. The lowest BCUT2D eigenvalue weighted by atomic mass is 10.1. The summed E-state index contributed by atoms with van der Waals surface area (Å²) in [7, 11) is 0. The fraction of sp³-hybridized carbons (Fsp3) is 0.294. The number of rotatable bonds is 5. The molecule has 0 fully saturated rings. The molecule has 2 aromatic heterocycles. The molecule has 0 bridgehead atoms. The number of hydrogen-bond donors (Lipinski definition) is 1. The summed E-state index contributed by atoms with van der Waals surface area (Å²) in [6.07, 6.45) is 4.40. The number of nitrogens with one attached hydrogen (secondary N) is 1. The second-order valence-electron chi connectivity index (χ2n) is 5.45. The van der Waals surface area contributed by atoms with E-state index >= 15 is 0 Å². The van der Waals surface area contributed by atoms with E-state index in [0.717, 1.165) is 29.4 Å². The van der Waals surface area contributed by atoms with Gasteiger partial charge in [-0.15, -0.1) is 5.10 Å². The lowest BCUT2D eigenvalue weighted by Gasteiger charge is -2.16. The van der Waals surface area contributed by atoms with Gasteiger partial charge in [0.1, 0.15) is 11.6 Å². The topological polar surface area (TPSA) is 68.5 Å². The molecule has 6 nitrogen and oxygen atoms in total. The van der Waals surface area contributed by atoms with Crippen molar-refractivity contribution in [2.45, 2.75) is 33.2 Å². The van der Waals surface area contributed by atoms with Crippen LogP contribution in [-0.2, 0) is 6.42 Å². The largest absolute Gasteiger partial charge is 0.363 e. The minimum atomic E-state index is 0.152. The first-order valence-corrected chi connectivity index (χ1v) is 7.73. The Balaban J connectivity index is 1.75. The molecule has 118 valence electrons. The van der Waals surface area contributed by atoms with Crippen molar-refractivity contribution in [1.29, 1.82) is 0 Å². The van der Waals surface area contributed by atoms with E-state index in [-0.39, 0.29) is 6.04 Å². The van der Waals surface area contributed by atoms with E-state index in [9.17, 15) is 0 Å². The van der Waals surface area contributed by atoms with E-state index < -0.39 is 0 Å². The highest BCUT2D eigenvalue weighted by Crippen LogP contribution is 2.20. The van der Waals surface area contributed by atoms with Crippen LogP contribution in [0.2, 0.25) is 0 Å². The van der Waals surface area contributed by atoms with Gasteiger partial charge in [0.15, 0.2) is 0 Å². The highest BCUT2D eigenvalue weighted by Gasteiger charge is 2.08. The summed E-state index contributed by atoms with van der Waals surface area (Å²) in [6, 6.07) is 10.4. The van der Waals surface area contributed by atoms with Crippen molar-refractivity contribution in [3.8, 4) is 5.69 Å². The summed E-state index contributed by atoms with van der Waals surface area (Å²) in [5, 5.41) is 11.3. The summed E-state index contributed by atoms with van der Waals surface area (Å²) >= 11 is 0. The second kappa shape index (κ2) is 6.56. The molecule has 0 saturated heterocycles. The maximum absolute atomic E-state index is 4.46. The summed E-state index contributed by atoms with van der Waals surface area (Å²) in [4.78, 5) is 8.87. The van der Waals surface area contributed by atoms with Gasteiger partial charge < -0.3 is 5.32 Å². The van der Waals surface area contributed by atoms with Crippen LogP contribution in [0.3, 0.4) is 0 Å². The van der Waals surface area contributed by atoms with Crippen molar-refractivity contribution in [2.75, 3.05) is 5.32 Å². The first-order valence-electron chi connectivity index (χ1n) is 7.73. The third-order valence-corrected chi connectivity index (χ3v) is 3.70. The summed E-state index contributed by atoms with van der Waals surface area (Å²) < 4.78 is 1.74. The van der Waals surface area contributed by atoms with Crippen molar-refractivity contribution < 1.29 is 0 Å². The molecule has 0 saturated carbocycles. The molecule has 0 aliphatic rings. The van der Waals surface area contributed by atoms with Crippen molar-refractivity contribution in [1.82, 2.24) is 25.0 Å². The highest BCUT2D eigenvalue weighted by molar-refractivity contribution is 5.41. The minimum absolute atomic E-state index is 0.152. The van der Waals surface area contributed by atoms with Crippen LogP contribution >= 0.6 is 0 Å². The zero-order chi connectivity index (χ0) is 16.2. The number of aromatic nitrogens is 5. The van der Waals surface area contributed by atoms with Gasteiger partial charge in [0, 0.05) is 17.8 Å². The summed E-state index contributed by atoms with van der Waals surface area (Å²) in [6.45, 7) is 6.13. The zero-order valence-electron chi connectivity index (χ0n) is 13.6. The molecular formula is C17H20N6. The monoisotopic (exact) mass is 308 g/mol. The maximum atomic E-state index is 4.46. The van der Waals surface area contributed by atoms with E-state index in [1.54, 1.807) is 10.9 Å². The Morgan fingerprint density at radius 1 is 1.17 bits per heavy atom. The van der Waals surface area contributed by atoms with E-state index in [0.29, 0.717) is 0 Å². The van der Waals surface area contributed by atoms with Gasteiger partial charge in [0.25, 0.3) is 0 Å². The Labute approximate surface area is 135 Å². The first-order chi connectivity index (χ1) is 11.2. The standard InChI is InChI=1S/C17H20N6/c1-4-15-11-17(21-13(3)20-15)19-12(2)14-5-7-16(8-6-14)23-10-9-18-22-23/h5-12H,4H2,1-3H3,(H,19,20,21). The van der Waals surface area contributed by atoms with E-state index in [4.69, 9.17) is 0 Å². The molecule has 0 aliphatic carbocycles. The number of nitrogens with zero attached hydrogens (tertiary/aromatic N) is 5. The van der Waals surface area contributed by atoms with Crippen LogP contribution in [0.25, 0.3) is 5.69 Å². The van der Waals surface area contributed by atoms with Gasteiger partial charge >= 0.3 is 0 Å². The third kappa shape index (κ3) is 3.53. The average Bonchev–Trinajstić information content (AvgIpc) is 3.09. The Morgan fingerprint density at radius 3 is 2.61 bits per heavy atom. The lowest BCUT2D eigenvalue weighted by molar-refractivity contribution is 0.800. The molecule has 3 aromatic rings. The normalized spacial score (nSPS) is 12.1. The van der Waals surface area contributed by atoms with Crippen molar-refractivity contribution in [2.24, 2.45) is 0 Å². The quantitative estimate of drug-likeness (QED) is 0.784. The number of aryl methyl sites for hydroxylation is 2. The predicted molar refractivity (Wildman–Crippen MR) is 89.5 cm³/mol. The first kappa shape index (κ1) is 15.1. The van der Waals surface area contributed by atoms with Gasteiger partial charge in [-0.2, -0.15) is 0 Å². The van der Waals surface area contributed by atoms with Crippen LogP contribution < -0.4 is 5.32 Å². The lowest BCUT2D eigenvalue weighted by Crippen LogP contribution is -2.10. The van der Waals surface area contributed by atoms with E-state index in [1.807, 2.05) is 31.3 Å². The van der Waals surface area contributed by atoms with Gasteiger partial charge in [-0.05, 0) is 38.0 Å². The molecule has 2 heterocycles. The van der Waals surface area contributed by atoms with E-state index in [2.05, 4.69) is 51.6 Å². The Bertz CT molecular complexity index is 764. The Hall–Kier alpha value is -2.76. The minimum Gasteiger partial charge on any atom is -0.363 e. The molecule has 1 unspecified atom stereocenters. The van der Waals surface area contributed by atoms with Gasteiger partial charge in [-0.1, -0.05) is 24.3 Å². The van der Waals surface area contributed by atoms with Crippen LogP contribution in [0.4, 0.5) is 5.82 Å². The molecule has 3 rings (SSSR count). The molecule has 1 N–H and O–H groups in total. The van der Waals surface area contributed by atoms with Crippen LogP contribution in [0, 0.1) is 6.92 Å². The van der Waals surface area contributed by atoms with Crippen LogP contribution in [0.5, 0.6) is 0 Å². The van der Waals surface area contributed by atoms with Crippen molar-refractivity contribution in [3.05, 3.63) is 59.8 Å². The van der Waals surface area contributed by atoms with Crippen LogP contribution in [0.15, 0.2) is 42.7 Å². The molecule has 6 heteroatoms. The SMILES string of the molecule is CCc1cc(NC(C)c2ccc(-n3ccnn3)cc2)nc(C)n1. The maximum Gasteiger partial charge on any atom is 0.130 e. The average molecular weight is 308 g/mol. The van der Waals surface area contributed by atoms with Gasteiger partial charge in [-0.25, -0.2) is 14.6 Å². The highest BCUT2D eigenvalue weighted by atomic mass is 15.4. The van der Waals surface area contributed by atoms with Gasteiger partial charge in [-0.3, -0.25) is 0 Å². The molecule has 0 radical (unpaired) electrons. The molecule has 1 aromatic carbocycles. The van der Waals surface area contributed by atoms with Crippen molar-refractivity contribution >= 4 is 5.82 Å². The zero-order valence-corrected chi connectivity index (χ0v) is 13.6. The molecule has 23 heavy (non-hydrogen) atoms. The number of hydrogen-bond acceptors (Lipinski definition) is 5. The molecule has 0 spiro atoms. The summed E-state index contributed by atoms with van der Waals surface area (Å²) in [5.74, 6) is 1.66. The molecular weight excluding hydrogens is 288 g/mol. The Morgan fingerprint density at radius 2 is 1.96 bits per heavy atom. The molecule has 0 aliphatic heterocycles. The van der Waals surface area contributed by atoms with Gasteiger partial charge in [0.05, 0.1) is 18.1 Å². The fourth-order valence-electron chi connectivity index (χ4n) is 2.45.